The fourth-order valence-corrected chi connectivity index (χ4v) is 0.428. The van der Waals surface area contributed by atoms with Gasteiger partial charge in [-0.25, -0.2) is 4.57 Å². The van der Waals surface area contributed by atoms with Crippen LogP contribution in [0.2, 0.25) is 0 Å². The molecule has 0 aromatic heterocycles. The molecule has 12 heavy (non-hydrogen) atoms. The van der Waals surface area contributed by atoms with Crippen molar-refractivity contribution in [1.29, 1.82) is 0 Å². The second kappa shape index (κ2) is 13.3. The molecular formula is C7H10O3PZn-. The van der Waals surface area contributed by atoms with Gasteiger partial charge in [-0.05, 0) is 12.1 Å². The summed E-state index contributed by atoms with van der Waals surface area (Å²) in [5, 5.41) is 8.63. The fraction of sp³-hybridized carbons (Fsp3) is 0. The predicted molar refractivity (Wildman–Crippen MR) is 44.3 cm³/mol. The Bertz CT molecular complexity index is 181. The van der Waals surface area contributed by atoms with E-state index in [9.17, 15) is 0 Å². The Morgan fingerprint density at radius 1 is 1.17 bits per heavy atom. The van der Waals surface area contributed by atoms with Crippen molar-refractivity contribution in [3.8, 4) is 5.75 Å². The molecule has 0 aliphatic carbocycles. The maximum Gasteiger partial charge on any atom is 0.324 e. The van der Waals surface area contributed by atoms with Gasteiger partial charge in [0.1, 0.15) is 5.75 Å². The third-order valence-corrected chi connectivity index (χ3v) is 0.756. The molecule has 0 amide bonds. The minimum Gasteiger partial charge on any atom is -0.508 e. The molecule has 0 aliphatic heterocycles. The van der Waals surface area contributed by atoms with E-state index in [2.05, 4.69) is 0 Å². The van der Waals surface area contributed by atoms with E-state index in [1.165, 1.54) is 0 Å². The normalized spacial score (nSPS) is 6.75. The maximum absolute atomic E-state index is 8.63. The Labute approximate surface area is 86.5 Å². The third kappa shape index (κ3) is 12.4. The first kappa shape index (κ1) is 17.7. The van der Waals surface area contributed by atoms with Gasteiger partial charge in [0.15, 0.2) is 0 Å². The maximum atomic E-state index is 8.63. The quantitative estimate of drug-likeness (QED) is 0.413. The molecule has 0 saturated heterocycles. The largest absolute Gasteiger partial charge is 0.508 e. The summed E-state index contributed by atoms with van der Waals surface area (Å²) in [5.74, 6) is 0.322. The van der Waals surface area contributed by atoms with Crippen LogP contribution < -0.4 is 0 Å². The Balaban J connectivity index is -0.000000146. The van der Waals surface area contributed by atoms with Crippen LogP contribution in [-0.2, 0) is 24.0 Å². The second-order valence-electron chi connectivity index (χ2n) is 1.42. The van der Waals surface area contributed by atoms with Gasteiger partial charge in [-0.2, -0.15) is 0 Å². The number of para-hydroxylation sites is 1. The van der Waals surface area contributed by atoms with E-state index in [4.69, 9.17) is 14.6 Å². The van der Waals surface area contributed by atoms with E-state index in [1.807, 2.05) is 6.07 Å². The first-order valence-electron chi connectivity index (χ1n) is 2.52. The van der Waals surface area contributed by atoms with Gasteiger partial charge in [0.05, 0.1) is 0 Å². The zero-order chi connectivity index (χ0) is 7.82. The Morgan fingerprint density at radius 3 is 1.67 bits per heavy atom. The van der Waals surface area contributed by atoms with Crippen LogP contribution in [0, 0.1) is 7.43 Å². The molecule has 0 saturated carbocycles. The van der Waals surface area contributed by atoms with Crippen molar-refractivity contribution in [2.75, 3.05) is 0 Å². The molecule has 0 atom stereocenters. The Morgan fingerprint density at radius 2 is 1.50 bits per heavy atom. The Kier molecular flexibility index (Phi) is 19.6. The summed E-state index contributed by atoms with van der Waals surface area (Å²) >= 11 is 0. The topological polar surface area (TPSA) is 57.5 Å². The van der Waals surface area contributed by atoms with Crippen LogP contribution in [0.25, 0.3) is 0 Å². The van der Waals surface area contributed by atoms with Gasteiger partial charge in [-0.3, -0.25) is 0 Å². The molecule has 1 rings (SSSR count). The molecular weight excluding hydrogens is 228 g/mol. The Hall–Kier alpha value is -0.297. The number of rotatable bonds is 0. The van der Waals surface area contributed by atoms with Crippen LogP contribution >= 0.6 is 8.69 Å². The zero-order valence-electron chi connectivity index (χ0n) is 6.84. The molecule has 0 unspecified atom stereocenters. The number of hydrogen-bond donors (Lipinski definition) is 2. The van der Waals surface area contributed by atoms with Crippen molar-refractivity contribution in [2.45, 2.75) is 0 Å². The van der Waals surface area contributed by atoms with E-state index in [0.717, 1.165) is 0 Å². The van der Waals surface area contributed by atoms with E-state index in [1.54, 1.807) is 24.3 Å². The molecule has 1 aromatic rings. The monoisotopic (exact) mass is 237 g/mol. The SMILES string of the molecule is O=PO.Oc1ccccc1.[CH3-].[Zn]. The van der Waals surface area contributed by atoms with Crippen molar-refractivity contribution in [1.82, 2.24) is 0 Å². The summed E-state index contributed by atoms with van der Waals surface area (Å²) in [7, 11) is -0.833. The van der Waals surface area contributed by atoms with Crippen molar-refractivity contribution in [3.63, 3.8) is 0 Å². The second-order valence-corrected chi connectivity index (χ2v) is 1.58. The standard InChI is InChI=1S/C6H6O.CH3.HO2P.Zn/c7-6-4-2-1-3-5-6;;1-3-2;/h1-5,7H;1H3;(H,1,2);/q;-1;;. The molecule has 5 heteroatoms. The molecule has 3 nitrogen and oxygen atoms in total. The first-order chi connectivity index (χ1) is 4.81. The summed E-state index contributed by atoms with van der Waals surface area (Å²) in [4.78, 5) is 6.99. The van der Waals surface area contributed by atoms with Gasteiger partial charge in [-0.1, -0.05) is 18.2 Å². The van der Waals surface area contributed by atoms with Gasteiger partial charge >= 0.3 is 8.69 Å². The number of hydrogen-bond acceptors (Lipinski definition) is 2. The van der Waals surface area contributed by atoms with Crippen LogP contribution in [0.1, 0.15) is 0 Å². The molecule has 0 heterocycles. The molecule has 64 valence electrons. The first-order valence-corrected chi connectivity index (χ1v) is 3.28. The van der Waals surface area contributed by atoms with Crippen LogP contribution in [0.4, 0.5) is 0 Å². The molecule has 1 aromatic carbocycles. The van der Waals surface area contributed by atoms with Crippen molar-refractivity contribution < 1.29 is 34.0 Å². The molecule has 0 radical (unpaired) electrons. The minimum atomic E-state index is -0.833. The predicted octanol–water partition coefficient (Wildman–Crippen LogP) is 2.03. The summed E-state index contributed by atoms with van der Waals surface area (Å²) in [6, 6.07) is 8.71. The van der Waals surface area contributed by atoms with E-state index in [-0.39, 0.29) is 26.9 Å². The number of phenols is 1. The van der Waals surface area contributed by atoms with Crippen LogP contribution in [0.5, 0.6) is 5.75 Å². The summed E-state index contributed by atoms with van der Waals surface area (Å²) in [5.41, 5.74) is 0. The minimum absolute atomic E-state index is 0. The van der Waals surface area contributed by atoms with Gasteiger partial charge in [-0.15, -0.1) is 0 Å². The summed E-state index contributed by atoms with van der Waals surface area (Å²) in [6.45, 7) is 0. The van der Waals surface area contributed by atoms with Crippen LogP contribution in [0.3, 0.4) is 0 Å². The van der Waals surface area contributed by atoms with Crippen molar-refractivity contribution in [2.24, 2.45) is 0 Å². The summed E-state index contributed by atoms with van der Waals surface area (Å²) < 4.78 is 8.46. The zero-order valence-corrected chi connectivity index (χ0v) is 10.7. The van der Waals surface area contributed by atoms with E-state index >= 15 is 0 Å². The van der Waals surface area contributed by atoms with Gasteiger partial charge in [0.2, 0.25) is 0 Å². The van der Waals surface area contributed by atoms with Gasteiger partial charge in [0, 0.05) is 19.5 Å². The average Bonchev–Trinajstić information content (AvgIpc) is 1.91. The van der Waals surface area contributed by atoms with Crippen molar-refractivity contribution >= 4 is 8.69 Å². The summed E-state index contributed by atoms with van der Waals surface area (Å²) in [6.07, 6.45) is 0. The fourth-order valence-electron chi connectivity index (χ4n) is 0.428. The van der Waals surface area contributed by atoms with Gasteiger partial charge < -0.3 is 17.4 Å². The van der Waals surface area contributed by atoms with Crippen molar-refractivity contribution in [3.05, 3.63) is 37.8 Å². The van der Waals surface area contributed by atoms with Gasteiger partial charge in [0.25, 0.3) is 0 Å². The van der Waals surface area contributed by atoms with Crippen LogP contribution in [-0.4, -0.2) is 10.00 Å². The number of benzene rings is 1. The number of phenolic OH excluding ortho intramolecular Hbond substituents is 1. The van der Waals surface area contributed by atoms with E-state index < -0.39 is 8.69 Å². The van der Waals surface area contributed by atoms with Crippen LogP contribution in [0.15, 0.2) is 30.3 Å². The molecule has 0 fully saturated rings. The molecule has 0 bridgehead atoms. The smallest absolute Gasteiger partial charge is 0.324 e. The molecule has 2 N–H and O–H groups in total. The molecule has 0 spiro atoms. The number of aromatic hydroxyl groups is 1. The average molecular weight is 239 g/mol. The molecule has 0 aliphatic rings. The van der Waals surface area contributed by atoms with E-state index in [0.29, 0.717) is 5.75 Å². The third-order valence-electron chi connectivity index (χ3n) is 0.756.